The van der Waals surface area contributed by atoms with Gasteiger partial charge in [-0.3, -0.25) is 14.3 Å². The second-order valence-electron chi connectivity index (χ2n) is 5.20. The number of nitrogens with one attached hydrogen (secondary N) is 2. The maximum atomic E-state index is 11.9. The van der Waals surface area contributed by atoms with Gasteiger partial charge in [0.05, 0.1) is 13.2 Å². The van der Waals surface area contributed by atoms with Gasteiger partial charge < -0.3 is 15.8 Å². The first-order valence-electron chi connectivity index (χ1n) is 6.96. The molecule has 0 aliphatic heterocycles. The van der Waals surface area contributed by atoms with Crippen molar-refractivity contribution < 1.29 is 4.74 Å². The fraction of sp³-hybridized carbons (Fsp3) is 0.692. The molecule has 2 rings (SSSR count). The Morgan fingerprint density at radius 2 is 2.25 bits per heavy atom. The SMILES string of the molecule is CCCC1CC1Nc1c(N)n(CCOC)c(=O)[nH]c1=O. The Balaban J connectivity index is 2.20. The molecule has 0 aromatic carbocycles. The Kier molecular flexibility index (Phi) is 4.49. The van der Waals surface area contributed by atoms with Gasteiger partial charge in [-0.2, -0.15) is 0 Å². The summed E-state index contributed by atoms with van der Waals surface area (Å²) in [5, 5.41) is 3.16. The lowest BCUT2D eigenvalue weighted by molar-refractivity contribution is 0.186. The maximum absolute atomic E-state index is 11.9. The first-order valence-corrected chi connectivity index (χ1v) is 6.96. The monoisotopic (exact) mass is 282 g/mol. The first-order chi connectivity index (χ1) is 9.58. The molecule has 4 N–H and O–H groups in total. The molecule has 7 heteroatoms. The Morgan fingerprint density at radius 3 is 2.90 bits per heavy atom. The van der Waals surface area contributed by atoms with E-state index in [0.717, 1.165) is 19.3 Å². The Hall–Kier alpha value is -1.76. The van der Waals surface area contributed by atoms with E-state index in [0.29, 0.717) is 24.8 Å². The van der Waals surface area contributed by atoms with Gasteiger partial charge in [-0.25, -0.2) is 4.79 Å². The molecule has 0 saturated heterocycles. The van der Waals surface area contributed by atoms with Crippen LogP contribution >= 0.6 is 0 Å². The number of rotatable bonds is 7. The number of nitrogens with zero attached hydrogens (tertiary/aromatic N) is 1. The molecular weight excluding hydrogens is 260 g/mol. The number of anilines is 2. The van der Waals surface area contributed by atoms with Gasteiger partial charge in [0.2, 0.25) is 0 Å². The average Bonchev–Trinajstić information content (AvgIpc) is 3.13. The van der Waals surface area contributed by atoms with Crippen LogP contribution < -0.4 is 22.3 Å². The van der Waals surface area contributed by atoms with E-state index in [1.165, 1.54) is 4.57 Å². The van der Waals surface area contributed by atoms with Gasteiger partial charge in [0.15, 0.2) is 0 Å². The third-order valence-electron chi connectivity index (χ3n) is 3.67. The average molecular weight is 282 g/mol. The number of nitrogen functional groups attached to an aromatic ring is 1. The van der Waals surface area contributed by atoms with Gasteiger partial charge in [-0.1, -0.05) is 13.3 Å². The summed E-state index contributed by atoms with van der Waals surface area (Å²) in [5.41, 5.74) is 5.28. The maximum Gasteiger partial charge on any atom is 0.330 e. The molecule has 1 aliphatic carbocycles. The highest BCUT2D eigenvalue weighted by atomic mass is 16.5. The lowest BCUT2D eigenvalue weighted by atomic mass is 10.2. The molecule has 1 aromatic heterocycles. The van der Waals surface area contributed by atoms with Crippen molar-refractivity contribution in [3.05, 3.63) is 20.8 Å². The van der Waals surface area contributed by atoms with Crippen molar-refractivity contribution in [1.29, 1.82) is 0 Å². The van der Waals surface area contributed by atoms with Crippen LogP contribution in [0, 0.1) is 5.92 Å². The molecule has 0 bridgehead atoms. The van der Waals surface area contributed by atoms with Gasteiger partial charge in [0, 0.05) is 13.2 Å². The van der Waals surface area contributed by atoms with Gasteiger partial charge >= 0.3 is 5.69 Å². The fourth-order valence-electron chi connectivity index (χ4n) is 2.43. The zero-order valence-corrected chi connectivity index (χ0v) is 11.9. The summed E-state index contributed by atoms with van der Waals surface area (Å²) in [7, 11) is 1.55. The third kappa shape index (κ3) is 3.04. The van der Waals surface area contributed by atoms with Crippen LogP contribution in [-0.2, 0) is 11.3 Å². The largest absolute Gasteiger partial charge is 0.383 e. The number of ether oxygens (including phenoxy) is 1. The lowest BCUT2D eigenvalue weighted by Crippen LogP contribution is -2.35. The second kappa shape index (κ2) is 6.13. The summed E-state index contributed by atoms with van der Waals surface area (Å²) in [5.74, 6) is 0.774. The van der Waals surface area contributed by atoms with Crippen molar-refractivity contribution in [2.45, 2.75) is 38.8 Å². The smallest absolute Gasteiger partial charge is 0.330 e. The zero-order valence-electron chi connectivity index (χ0n) is 11.9. The molecule has 2 atom stereocenters. The topological polar surface area (TPSA) is 102 Å². The molecule has 1 aliphatic rings. The number of hydrogen-bond acceptors (Lipinski definition) is 5. The van der Waals surface area contributed by atoms with Crippen molar-refractivity contribution in [2.75, 3.05) is 24.8 Å². The number of H-pyrrole nitrogens is 1. The molecule has 0 spiro atoms. The van der Waals surface area contributed by atoms with E-state index in [-0.39, 0.29) is 11.9 Å². The number of aromatic nitrogens is 2. The van der Waals surface area contributed by atoms with Gasteiger partial charge in [0.25, 0.3) is 5.56 Å². The number of hydrogen-bond donors (Lipinski definition) is 3. The van der Waals surface area contributed by atoms with Gasteiger partial charge in [-0.15, -0.1) is 0 Å². The van der Waals surface area contributed by atoms with E-state index in [9.17, 15) is 9.59 Å². The summed E-state index contributed by atoms with van der Waals surface area (Å²) < 4.78 is 6.26. The fourth-order valence-corrected chi connectivity index (χ4v) is 2.43. The molecule has 1 aromatic rings. The van der Waals surface area contributed by atoms with E-state index >= 15 is 0 Å². The first kappa shape index (κ1) is 14.6. The molecule has 2 unspecified atom stereocenters. The van der Waals surface area contributed by atoms with Crippen molar-refractivity contribution in [1.82, 2.24) is 9.55 Å². The molecular formula is C13H22N4O3. The van der Waals surface area contributed by atoms with E-state index < -0.39 is 11.2 Å². The second-order valence-corrected chi connectivity index (χ2v) is 5.20. The Labute approximate surface area is 117 Å². The zero-order chi connectivity index (χ0) is 14.7. The lowest BCUT2D eigenvalue weighted by Gasteiger charge is -2.13. The van der Waals surface area contributed by atoms with Crippen molar-refractivity contribution >= 4 is 11.5 Å². The van der Waals surface area contributed by atoms with Gasteiger partial charge in [0.1, 0.15) is 11.5 Å². The number of aromatic amines is 1. The highest BCUT2D eigenvalue weighted by Gasteiger charge is 2.37. The standard InChI is InChI=1S/C13H22N4O3/c1-3-4-8-7-9(8)15-10-11(14)17(5-6-20-2)13(19)16-12(10)18/h8-9,15H,3-7,14H2,1-2H3,(H,16,18,19). The highest BCUT2D eigenvalue weighted by Crippen LogP contribution is 2.37. The molecule has 112 valence electrons. The van der Waals surface area contributed by atoms with Crippen molar-refractivity contribution in [3.8, 4) is 0 Å². The predicted octanol–water partition coefficient (Wildman–Crippen LogP) is 0.366. The minimum atomic E-state index is -0.504. The number of methoxy groups -OCH3 is 1. The van der Waals surface area contributed by atoms with E-state index in [2.05, 4.69) is 17.2 Å². The van der Waals surface area contributed by atoms with E-state index in [4.69, 9.17) is 10.5 Å². The summed E-state index contributed by atoms with van der Waals surface area (Å²) in [4.78, 5) is 25.9. The minimum Gasteiger partial charge on any atom is -0.383 e. The quantitative estimate of drug-likeness (QED) is 0.670. The summed E-state index contributed by atoms with van der Waals surface area (Å²) in [6.45, 7) is 2.81. The highest BCUT2D eigenvalue weighted by molar-refractivity contribution is 5.61. The number of nitrogens with two attached hydrogens (primary N) is 1. The normalized spacial score (nSPS) is 20.9. The summed E-state index contributed by atoms with van der Waals surface area (Å²) >= 11 is 0. The molecule has 0 radical (unpaired) electrons. The van der Waals surface area contributed by atoms with E-state index in [1.807, 2.05) is 0 Å². The molecule has 20 heavy (non-hydrogen) atoms. The Bertz CT molecular complexity index is 578. The minimum absolute atomic E-state index is 0.179. The van der Waals surface area contributed by atoms with Gasteiger partial charge in [-0.05, 0) is 18.8 Å². The van der Waals surface area contributed by atoms with Crippen LogP contribution in [0.1, 0.15) is 26.2 Å². The third-order valence-corrected chi connectivity index (χ3v) is 3.67. The molecule has 1 fully saturated rings. The van der Waals surface area contributed by atoms with Crippen LogP contribution in [0.5, 0.6) is 0 Å². The Morgan fingerprint density at radius 1 is 1.50 bits per heavy atom. The summed E-state index contributed by atoms with van der Waals surface area (Å²) in [6, 6.07) is 0.284. The summed E-state index contributed by atoms with van der Waals surface area (Å²) in [6.07, 6.45) is 3.31. The van der Waals surface area contributed by atoms with Crippen molar-refractivity contribution in [3.63, 3.8) is 0 Å². The van der Waals surface area contributed by atoms with Crippen LogP contribution in [0.3, 0.4) is 0 Å². The molecule has 7 nitrogen and oxygen atoms in total. The predicted molar refractivity (Wildman–Crippen MR) is 78.0 cm³/mol. The van der Waals surface area contributed by atoms with Crippen LogP contribution in [0.15, 0.2) is 9.59 Å². The van der Waals surface area contributed by atoms with E-state index in [1.54, 1.807) is 7.11 Å². The van der Waals surface area contributed by atoms with Crippen LogP contribution in [0.4, 0.5) is 11.5 Å². The molecule has 1 saturated carbocycles. The van der Waals surface area contributed by atoms with Crippen molar-refractivity contribution in [2.24, 2.45) is 5.92 Å². The van der Waals surface area contributed by atoms with Crippen LogP contribution in [0.2, 0.25) is 0 Å². The molecule has 1 heterocycles. The van der Waals surface area contributed by atoms with Crippen LogP contribution in [0.25, 0.3) is 0 Å². The van der Waals surface area contributed by atoms with Crippen LogP contribution in [-0.4, -0.2) is 29.3 Å². The molecule has 0 amide bonds.